The van der Waals surface area contributed by atoms with Crippen LogP contribution >= 0.6 is 0 Å². The van der Waals surface area contributed by atoms with E-state index in [0.29, 0.717) is 23.4 Å². The first-order valence-corrected chi connectivity index (χ1v) is 11.0. The van der Waals surface area contributed by atoms with Gasteiger partial charge in [-0.25, -0.2) is 13.4 Å². The van der Waals surface area contributed by atoms with Gasteiger partial charge in [0.15, 0.2) is 0 Å². The summed E-state index contributed by atoms with van der Waals surface area (Å²) >= 11 is 0. The van der Waals surface area contributed by atoms with E-state index in [9.17, 15) is 13.2 Å². The van der Waals surface area contributed by atoms with Gasteiger partial charge in [-0.1, -0.05) is 69.3 Å². The Labute approximate surface area is 166 Å². The molecule has 1 amide bonds. The highest BCUT2D eigenvalue weighted by molar-refractivity contribution is 7.92. The van der Waals surface area contributed by atoms with Crippen molar-refractivity contribution in [3.05, 3.63) is 65.7 Å². The standard InChI is InChI=1S/C21H25N3O3S/c1-21(2,3)20(25)24-19(15-10-6-5-7-11-15)14-18(22-24)16-12-8-9-13-17(16)23-28(4,26)27/h5-13,19,23H,14H2,1-4H3. The highest BCUT2D eigenvalue weighted by atomic mass is 32.2. The molecule has 0 radical (unpaired) electrons. The average molecular weight is 400 g/mol. The average Bonchev–Trinajstić information content (AvgIpc) is 3.05. The predicted octanol–water partition coefficient (Wildman–Crippen LogP) is 3.78. The molecule has 1 N–H and O–H groups in total. The van der Waals surface area contributed by atoms with Crippen LogP contribution in [0.5, 0.6) is 0 Å². The molecule has 0 fully saturated rings. The number of anilines is 1. The topological polar surface area (TPSA) is 78.8 Å². The third kappa shape index (κ3) is 4.42. The lowest BCUT2D eigenvalue weighted by Gasteiger charge is -2.28. The zero-order chi connectivity index (χ0) is 20.5. The number of hydrogen-bond acceptors (Lipinski definition) is 4. The summed E-state index contributed by atoms with van der Waals surface area (Å²) in [4.78, 5) is 13.0. The van der Waals surface area contributed by atoms with Gasteiger partial charge in [0.25, 0.3) is 0 Å². The van der Waals surface area contributed by atoms with Gasteiger partial charge >= 0.3 is 0 Å². The summed E-state index contributed by atoms with van der Waals surface area (Å²) in [5.41, 5.74) is 2.22. The van der Waals surface area contributed by atoms with Crippen molar-refractivity contribution in [2.45, 2.75) is 33.2 Å². The minimum atomic E-state index is -3.43. The first kappa shape index (κ1) is 20.1. The molecule has 0 spiro atoms. The van der Waals surface area contributed by atoms with Crippen molar-refractivity contribution in [1.29, 1.82) is 0 Å². The molecule has 28 heavy (non-hydrogen) atoms. The Morgan fingerprint density at radius 3 is 2.29 bits per heavy atom. The van der Waals surface area contributed by atoms with E-state index in [1.807, 2.05) is 63.2 Å². The highest BCUT2D eigenvalue weighted by Gasteiger charge is 2.38. The second-order valence-electron chi connectivity index (χ2n) is 8.00. The molecule has 148 valence electrons. The van der Waals surface area contributed by atoms with Gasteiger partial charge in [-0.05, 0) is 11.6 Å². The molecule has 7 heteroatoms. The number of amides is 1. The number of hydrazone groups is 1. The third-order valence-electron chi connectivity index (χ3n) is 4.48. The Morgan fingerprint density at radius 2 is 1.68 bits per heavy atom. The van der Waals surface area contributed by atoms with Crippen LogP contribution in [-0.2, 0) is 14.8 Å². The molecule has 0 aromatic heterocycles. The zero-order valence-electron chi connectivity index (χ0n) is 16.5. The molecule has 1 atom stereocenters. The molecule has 1 aliphatic heterocycles. The molecule has 0 aliphatic carbocycles. The fourth-order valence-electron chi connectivity index (χ4n) is 3.16. The summed E-state index contributed by atoms with van der Waals surface area (Å²) in [6.45, 7) is 5.60. The van der Waals surface area contributed by atoms with E-state index in [2.05, 4.69) is 9.82 Å². The number of hydrogen-bond donors (Lipinski definition) is 1. The number of carbonyl (C=O) groups is 1. The molecule has 0 saturated heterocycles. The minimum absolute atomic E-state index is 0.0788. The minimum Gasteiger partial charge on any atom is -0.283 e. The quantitative estimate of drug-likeness (QED) is 0.850. The third-order valence-corrected chi connectivity index (χ3v) is 5.07. The summed E-state index contributed by atoms with van der Waals surface area (Å²) in [5, 5.41) is 6.18. The predicted molar refractivity (Wildman–Crippen MR) is 112 cm³/mol. The largest absolute Gasteiger partial charge is 0.283 e. The Kier molecular flexibility index (Phi) is 5.30. The number of para-hydroxylation sites is 1. The van der Waals surface area contributed by atoms with Gasteiger partial charge in [-0.15, -0.1) is 0 Å². The molecular formula is C21H25N3O3S. The van der Waals surface area contributed by atoms with Gasteiger partial charge in [0.05, 0.1) is 23.7 Å². The van der Waals surface area contributed by atoms with Crippen LogP contribution in [0.3, 0.4) is 0 Å². The van der Waals surface area contributed by atoms with Crippen LogP contribution in [0.25, 0.3) is 0 Å². The molecule has 1 heterocycles. The van der Waals surface area contributed by atoms with Crippen LogP contribution in [-0.4, -0.2) is 31.3 Å². The van der Waals surface area contributed by atoms with Crippen molar-refractivity contribution in [1.82, 2.24) is 5.01 Å². The molecule has 3 rings (SSSR count). The molecule has 0 saturated carbocycles. The van der Waals surface area contributed by atoms with Gasteiger partial charge in [0.2, 0.25) is 15.9 Å². The lowest BCUT2D eigenvalue weighted by Crippen LogP contribution is -2.36. The summed E-state index contributed by atoms with van der Waals surface area (Å²) in [7, 11) is -3.43. The molecule has 0 bridgehead atoms. The number of sulfonamides is 1. The van der Waals surface area contributed by atoms with Crippen molar-refractivity contribution < 1.29 is 13.2 Å². The molecule has 1 unspecified atom stereocenters. The van der Waals surface area contributed by atoms with E-state index < -0.39 is 15.4 Å². The monoisotopic (exact) mass is 399 g/mol. The fourth-order valence-corrected chi connectivity index (χ4v) is 3.74. The van der Waals surface area contributed by atoms with E-state index in [0.717, 1.165) is 11.8 Å². The normalized spacial score (nSPS) is 17.4. The lowest BCUT2D eigenvalue weighted by atomic mass is 9.93. The maximum atomic E-state index is 13.0. The maximum Gasteiger partial charge on any atom is 0.248 e. The molecule has 6 nitrogen and oxygen atoms in total. The van der Waals surface area contributed by atoms with Gasteiger partial charge in [-0.3, -0.25) is 9.52 Å². The highest BCUT2D eigenvalue weighted by Crippen LogP contribution is 2.37. The van der Waals surface area contributed by atoms with Crippen LogP contribution in [0.2, 0.25) is 0 Å². The zero-order valence-corrected chi connectivity index (χ0v) is 17.3. The van der Waals surface area contributed by atoms with Gasteiger partial charge < -0.3 is 0 Å². The Balaban J connectivity index is 2.05. The van der Waals surface area contributed by atoms with E-state index in [4.69, 9.17) is 0 Å². The number of benzene rings is 2. The van der Waals surface area contributed by atoms with Crippen LogP contribution < -0.4 is 4.72 Å². The van der Waals surface area contributed by atoms with Crippen molar-refractivity contribution in [2.24, 2.45) is 10.5 Å². The first-order valence-electron chi connectivity index (χ1n) is 9.09. The Morgan fingerprint density at radius 1 is 1.07 bits per heavy atom. The van der Waals surface area contributed by atoms with Crippen LogP contribution in [0.15, 0.2) is 59.7 Å². The van der Waals surface area contributed by atoms with Crippen LogP contribution in [0, 0.1) is 5.41 Å². The molecule has 2 aromatic carbocycles. The molecule has 2 aromatic rings. The number of rotatable bonds is 4. The lowest BCUT2D eigenvalue weighted by molar-refractivity contribution is -0.141. The molecular weight excluding hydrogens is 374 g/mol. The van der Waals surface area contributed by atoms with Crippen molar-refractivity contribution in [2.75, 3.05) is 11.0 Å². The smallest absolute Gasteiger partial charge is 0.248 e. The van der Waals surface area contributed by atoms with Crippen molar-refractivity contribution >= 4 is 27.3 Å². The second kappa shape index (κ2) is 7.39. The summed E-state index contributed by atoms with van der Waals surface area (Å²) in [6.07, 6.45) is 1.62. The van der Waals surface area contributed by atoms with Crippen molar-refractivity contribution in [3.8, 4) is 0 Å². The van der Waals surface area contributed by atoms with Crippen LogP contribution in [0.1, 0.15) is 44.4 Å². The summed E-state index contributed by atoms with van der Waals surface area (Å²) in [6, 6.07) is 16.6. The summed E-state index contributed by atoms with van der Waals surface area (Å²) in [5.74, 6) is -0.0788. The van der Waals surface area contributed by atoms with Gasteiger partial charge in [-0.2, -0.15) is 5.10 Å². The number of carbonyl (C=O) groups excluding carboxylic acids is 1. The van der Waals surface area contributed by atoms with E-state index >= 15 is 0 Å². The number of nitrogens with one attached hydrogen (secondary N) is 1. The first-order chi connectivity index (χ1) is 13.1. The Hall–Kier alpha value is -2.67. The van der Waals surface area contributed by atoms with E-state index in [-0.39, 0.29) is 11.9 Å². The maximum absolute atomic E-state index is 13.0. The second-order valence-corrected chi connectivity index (χ2v) is 9.75. The fraction of sp³-hybridized carbons (Fsp3) is 0.333. The van der Waals surface area contributed by atoms with E-state index in [1.165, 1.54) is 0 Å². The summed E-state index contributed by atoms with van der Waals surface area (Å²) < 4.78 is 26.0. The van der Waals surface area contributed by atoms with Gasteiger partial charge in [0, 0.05) is 17.4 Å². The molecule has 1 aliphatic rings. The SMILES string of the molecule is CC(C)(C)C(=O)N1N=C(c2ccccc2NS(C)(=O)=O)CC1c1ccccc1. The van der Waals surface area contributed by atoms with Crippen LogP contribution in [0.4, 0.5) is 5.69 Å². The van der Waals surface area contributed by atoms with E-state index in [1.54, 1.807) is 17.1 Å². The van der Waals surface area contributed by atoms with Crippen molar-refractivity contribution in [3.63, 3.8) is 0 Å². The Bertz CT molecular complexity index is 1010. The van der Waals surface area contributed by atoms with Gasteiger partial charge in [0.1, 0.15) is 0 Å². The number of nitrogens with zero attached hydrogens (tertiary/aromatic N) is 2.